The molecule has 3 N–H and O–H groups in total. The summed E-state index contributed by atoms with van der Waals surface area (Å²) in [5, 5.41) is 21.7. The SMILES string of the molecule is CCNC(=NCc1nc(-c2ccc(Cl)cc2)no1)NCC(C)(O)CN1CCOCC1. The van der Waals surface area contributed by atoms with Gasteiger partial charge in [0, 0.05) is 43.3 Å². The maximum Gasteiger partial charge on any atom is 0.248 e. The van der Waals surface area contributed by atoms with Gasteiger partial charge in [0.1, 0.15) is 6.54 Å². The van der Waals surface area contributed by atoms with E-state index in [1.54, 1.807) is 12.1 Å². The van der Waals surface area contributed by atoms with Crippen LogP contribution >= 0.6 is 11.6 Å². The molecule has 1 saturated heterocycles. The van der Waals surface area contributed by atoms with Gasteiger partial charge in [-0.25, -0.2) is 4.99 Å². The number of benzene rings is 1. The van der Waals surface area contributed by atoms with Gasteiger partial charge in [-0.3, -0.25) is 4.90 Å². The van der Waals surface area contributed by atoms with Crippen LogP contribution in [-0.2, 0) is 11.3 Å². The predicted octanol–water partition coefficient (Wildman–Crippen LogP) is 1.53. The van der Waals surface area contributed by atoms with Crippen LogP contribution in [0, 0.1) is 0 Å². The molecule has 10 heteroatoms. The minimum absolute atomic E-state index is 0.224. The van der Waals surface area contributed by atoms with E-state index in [0.717, 1.165) is 18.7 Å². The Morgan fingerprint density at radius 3 is 2.70 bits per heavy atom. The van der Waals surface area contributed by atoms with Crippen molar-refractivity contribution < 1.29 is 14.4 Å². The standard InChI is InChI=1S/C20H29ClN6O3/c1-3-22-19(24-13-20(2,28)14-27-8-10-29-11-9-27)23-12-17-25-18(26-30-17)15-4-6-16(21)7-5-15/h4-7,28H,3,8-14H2,1-2H3,(H2,22,23,24). The number of aliphatic imine (C=N–C) groups is 1. The smallest absolute Gasteiger partial charge is 0.248 e. The molecule has 0 aliphatic carbocycles. The number of aliphatic hydroxyl groups is 1. The number of rotatable bonds is 8. The molecule has 1 atom stereocenters. The number of hydrogen-bond donors (Lipinski definition) is 3. The molecule has 1 unspecified atom stereocenters. The third-order valence-corrected chi connectivity index (χ3v) is 4.84. The molecule has 164 valence electrons. The van der Waals surface area contributed by atoms with Crippen LogP contribution in [0.2, 0.25) is 5.02 Å². The highest BCUT2D eigenvalue weighted by molar-refractivity contribution is 6.30. The number of β-amino-alcohol motifs (C(OH)–C–C–N with tert-alkyl or cyclic N) is 1. The fourth-order valence-electron chi connectivity index (χ4n) is 3.09. The highest BCUT2D eigenvalue weighted by atomic mass is 35.5. The van der Waals surface area contributed by atoms with Crippen molar-refractivity contribution in [2.75, 3.05) is 45.9 Å². The molecule has 1 aromatic heterocycles. The van der Waals surface area contributed by atoms with E-state index in [2.05, 4.69) is 30.7 Å². The van der Waals surface area contributed by atoms with E-state index in [4.69, 9.17) is 20.9 Å². The second-order valence-corrected chi connectivity index (χ2v) is 7.89. The molecule has 30 heavy (non-hydrogen) atoms. The van der Waals surface area contributed by atoms with E-state index in [0.29, 0.717) is 55.5 Å². The second-order valence-electron chi connectivity index (χ2n) is 7.45. The van der Waals surface area contributed by atoms with Crippen LogP contribution in [0.5, 0.6) is 0 Å². The summed E-state index contributed by atoms with van der Waals surface area (Å²) < 4.78 is 10.7. The first-order chi connectivity index (χ1) is 14.4. The van der Waals surface area contributed by atoms with Crippen molar-refractivity contribution in [3.8, 4) is 11.4 Å². The van der Waals surface area contributed by atoms with E-state index < -0.39 is 5.60 Å². The lowest BCUT2D eigenvalue weighted by molar-refractivity contribution is -0.0201. The summed E-state index contributed by atoms with van der Waals surface area (Å²) in [6.45, 7) is 8.70. The Morgan fingerprint density at radius 2 is 2.00 bits per heavy atom. The Labute approximate surface area is 181 Å². The van der Waals surface area contributed by atoms with Crippen LogP contribution in [0.25, 0.3) is 11.4 Å². The second kappa shape index (κ2) is 10.7. The molecular formula is C20H29ClN6O3. The quantitative estimate of drug-likeness (QED) is 0.422. The third kappa shape index (κ3) is 6.94. The van der Waals surface area contributed by atoms with Gasteiger partial charge in [-0.1, -0.05) is 16.8 Å². The number of aromatic nitrogens is 2. The molecule has 0 bridgehead atoms. The van der Waals surface area contributed by atoms with Crippen LogP contribution in [0.15, 0.2) is 33.8 Å². The van der Waals surface area contributed by atoms with E-state index >= 15 is 0 Å². The molecule has 2 heterocycles. The third-order valence-electron chi connectivity index (χ3n) is 4.59. The van der Waals surface area contributed by atoms with Gasteiger partial charge in [-0.05, 0) is 38.1 Å². The summed E-state index contributed by atoms with van der Waals surface area (Å²) >= 11 is 5.91. The van der Waals surface area contributed by atoms with Gasteiger partial charge in [0.2, 0.25) is 11.7 Å². The Kier molecular flexibility index (Phi) is 8.03. The van der Waals surface area contributed by atoms with Crippen molar-refractivity contribution in [3.05, 3.63) is 35.2 Å². The van der Waals surface area contributed by atoms with Gasteiger partial charge in [0.05, 0.1) is 18.8 Å². The first-order valence-corrected chi connectivity index (χ1v) is 10.5. The number of halogens is 1. The monoisotopic (exact) mass is 436 g/mol. The van der Waals surface area contributed by atoms with Crippen LogP contribution in [0.1, 0.15) is 19.7 Å². The highest BCUT2D eigenvalue weighted by Crippen LogP contribution is 2.18. The molecule has 1 aliphatic heterocycles. The maximum absolute atomic E-state index is 10.7. The average Bonchev–Trinajstić information content (AvgIpc) is 3.20. The fourth-order valence-corrected chi connectivity index (χ4v) is 3.22. The van der Waals surface area contributed by atoms with Gasteiger partial charge in [-0.2, -0.15) is 4.98 Å². The highest BCUT2D eigenvalue weighted by Gasteiger charge is 2.25. The van der Waals surface area contributed by atoms with Crippen molar-refractivity contribution >= 4 is 17.6 Å². The Balaban J connectivity index is 1.55. The molecule has 3 rings (SSSR count). The van der Waals surface area contributed by atoms with Gasteiger partial charge >= 0.3 is 0 Å². The minimum atomic E-state index is -0.903. The lowest BCUT2D eigenvalue weighted by Crippen LogP contribution is -2.52. The van der Waals surface area contributed by atoms with Gasteiger partial charge in [0.25, 0.3) is 0 Å². The van der Waals surface area contributed by atoms with Crippen LogP contribution < -0.4 is 10.6 Å². The topological polar surface area (TPSA) is 108 Å². The van der Waals surface area contributed by atoms with E-state index in [1.807, 2.05) is 26.0 Å². The van der Waals surface area contributed by atoms with Crippen LogP contribution in [0.3, 0.4) is 0 Å². The molecule has 0 amide bonds. The van der Waals surface area contributed by atoms with Crippen molar-refractivity contribution in [1.29, 1.82) is 0 Å². The summed E-state index contributed by atoms with van der Waals surface area (Å²) in [4.78, 5) is 11.1. The number of nitrogens with one attached hydrogen (secondary N) is 2. The largest absolute Gasteiger partial charge is 0.387 e. The lowest BCUT2D eigenvalue weighted by atomic mass is 10.1. The Morgan fingerprint density at radius 1 is 1.27 bits per heavy atom. The molecule has 0 spiro atoms. The average molecular weight is 437 g/mol. The Hall–Kier alpha value is -2.20. The maximum atomic E-state index is 10.7. The number of ether oxygens (including phenoxy) is 1. The normalized spacial score (nSPS) is 17.5. The Bertz CT molecular complexity index is 818. The van der Waals surface area contributed by atoms with Crippen molar-refractivity contribution in [2.24, 2.45) is 4.99 Å². The zero-order valence-corrected chi connectivity index (χ0v) is 18.2. The number of morpholine rings is 1. The van der Waals surface area contributed by atoms with Crippen LogP contribution in [0.4, 0.5) is 0 Å². The van der Waals surface area contributed by atoms with E-state index in [1.165, 1.54) is 0 Å². The first-order valence-electron chi connectivity index (χ1n) is 10.1. The minimum Gasteiger partial charge on any atom is -0.387 e. The molecule has 1 fully saturated rings. The van der Waals surface area contributed by atoms with Gasteiger partial charge < -0.3 is 25.0 Å². The first kappa shape index (κ1) is 22.5. The van der Waals surface area contributed by atoms with Gasteiger partial charge in [-0.15, -0.1) is 0 Å². The van der Waals surface area contributed by atoms with Crippen molar-refractivity contribution in [3.63, 3.8) is 0 Å². The number of nitrogens with zero attached hydrogens (tertiary/aromatic N) is 4. The fraction of sp³-hybridized carbons (Fsp3) is 0.550. The molecular weight excluding hydrogens is 408 g/mol. The number of guanidine groups is 1. The lowest BCUT2D eigenvalue weighted by Gasteiger charge is -2.34. The molecule has 9 nitrogen and oxygen atoms in total. The summed E-state index contributed by atoms with van der Waals surface area (Å²) in [7, 11) is 0. The van der Waals surface area contributed by atoms with Crippen LogP contribution in [-0.4, -0.2) is 77.6 Å². The molecule has 1 aromatic carbocycles. The predicted molar refractivity (Wildman–Crippen MR) is 115 cm³/mol. The van der Waals surface area contributed by atoms with Crippen molar-refractivity contribution in [1.82, 2.24) is 25.7 Å². The van der Waals surface area contributed by atoms with E-state index in [9.17, 15) is 5.11 Å². The van der Waals surface area contributed by atoms with Gasteiger partial charge in [0.15, 0.2) is 5.96 Å². The molecule has 2 aromatic rings. The summed E-state index contributed by atoms with van der Waals surface area (Å²) in [5.74, 6) is 1.46. The zero-order chi connectivity index (χ0) is 21.4. The summed E-state index contributed by atoms with van der Waals surface area (Å²) in [6.07, 6.45) is 0. The van der Waals surface area contributed by atoms with E-state index in [-0.39, 0.29) is 6.54 Å². The molecule has 0 radical (unpaired) electrons. The summed E-state index contributed by atoms with van der Waals surface area (Å²) in [5.41, 5.74) is -0.0812. The molecule has 0 saturated carbocycles. The number of hydrogen-bond acceptors (Lipinski definition) is 7. The molecule has 1 aliphatic rings. The zero-order valence-electron chi connectivity index (χ0n) is 17.4. The van der Waals surface area contributed by atoms with Crippen molar-refractivity contribution in [2.45, 2.75) is 26.0 Å². The summed E-state index contributed by atoms with van der Waals surface area (Å²) in [6, 6.07) is 7.23.